The van der Waals surface area contributed by atoms with Crippen LogP contribution in [0, 0.1) is 0 Å². The largest absolute Gasteiger partial charge is 0.486 e. The molecule has 0 radical (unpaired) electrons. The molecule has 146 valence electrons. The Kier molecular flexibility index (Phi) is 4.81. The lowest BCUT2D eigenvalue weighted by Crippen LogP contribution is -2.50. The van der Waals surface area contributed by atoms with Gasteiger partial charge >= 0.3 is 0 Å². The Balaban J connectivity index is 1.48. The zero-order valence-corrected chi connectivity index (χ0v) is 15.8. The average molecular weight is 382 g/mol. The third-order valence-corrected chi connectivity index (χ3v) is 4.87. The molecule has 28 heavy (non-hydrogen) atoms. The number of benzene rings is 2. The van der Waals surface area contributed by atoms with Crippen molar-refractivity contribution in [3.8, 4) is 17.2 Å². The van der Waals surface area contributed by atoms with Crippen LogP contribution < -0.4 is 24.4 Å². The minimum atomic E-state index is -0.779. The molecule has 0 saturated carbocycles. The Morgan fingerprint density at radius 2 is 1.82 bits per heavy atom. The molecular formula is C21H22N2O5. The summed E-state index contributed by atoms with van der Waals surface area (Å²) in [5, 5.41) is 2.96. The highest BCUT2D eigenvalue weighted by Gasteiger charge is 2.33. The number of amides is 2. The van der Waals surface area contributed by atoms with Gasteiger partial charge in [0.05, 0.1) is 18.3 Å². The van der Waals surface area contributed by atoms with Gasteiger partial charge in [-0.05, 0) is 36.8 Å². The van der Waals surface area contributed by atoms with Gasteiger partial charge in [-0.25, -0.2) is 0 Å². The number of anilines is 1. The van der Waals surface area contributed by atoms with E-state index < -0.39 is 6.10 Å². The SMILES string of the molecule is CC(=O)N1C[C@H](C(=O)N[C@@H](C)c2ccc3c(c2)OCCO3)Oc2ccccc21. The number of nitrogens with one attached hydrogen (secondary N) is 1. The van der Waals surface area contributed by atoms with Gasteiger partial charge in [-0.2, -0.15) is 0 Å². The van der Waals surface area contributed by atoms with Gasteiger partial charge in [0.2, 0.25) is 5.91 Å². The minimum Gasteiger partial charge on any atom is -0.486 e. The molecular weight excluding hydrogens is 360 g/mol. The van der Waals surface area contributed by atoms with Crippen LogP contribution in [0.1, 0.15) is 25.5 Å². The second kappa shape index (κ2) is 7.42. The molecule has 1 N–H and O–H groups in total. The van der Waals surface area contributed by atoms with E-state index in [1.165, 1.54) is 6.92 Å². The topological polar surface area (TPSA) is 77.1 Å². The molecule has 2 amide bonds. The summed E-state index contributed by atoms with van der Waals surface area (Å²) in [6.45, 7) is 4.59. The summed E-state index contributed by atoms with van der Waals surface area (Å²) >= 11 is 0. The predicted octanol–water partition coefficient (Wildman–Crippen LogP) is 2.45. The molecule has 2 aliphatic rings. The van der Waals surface area contributed by atoms with E-state index in [0.717, 1.165) is 5.56 Å². The molecule has 7 heteroatoms. The summed E-state index contributed by atoms with van der Waals surface area (Å²) in [6, 6.07) is 12.6. The van der Waals surface area contributed by atoms with Crippen molar-refractivity contribution in [2.45, 2.75) is 26.0 Å². The second-order valence-corrected chi connectivity index (χ2v) is 6.84. The quantitative estimate of drug-likeness (QED) is 0.882. The maximum atomic E-state index is 12.8. The molecule has 0 spiro atoms. The van der Waals surface area contributed by atoms with E-state index in [1.807, 2.05) is 43.3 Å². The van der Waals surface area contributed by atoms with E-state index in [9.17, 15) is 9.59 Å². The molecule has 2 heterocycles. The Hall–Kier alpha value is -3.22. The third-order valence-electron chi connectivity index (χ3n) is 4.87. The number of ether oxygens (including phenoxy) is 3. The molecule has 0 aromatic heterocycles. The van der Waals surface area contributed by atoms with Crippen molar-refractivity contribution in [2.75, 3.05) is 24.7 Å². The third kappa shape index (κ3) is 3.47. The Labute approximate surface area is 163 Å². The van der Waals surface area contributed by atoms with Crippen molar-refractivity contribution in [1.29, 1.82) is 0 Å². The number of rotatable bonds is 3. The molecule has 4 rings (SSSR count). The van der Waals surface area contributed by atoms with Crippen molar-refractivity contribution in [2.24, 2.45) is 0 Å². The molecule has 0 aliphatic carbocycles. The van der Waals surface area contributed by atoms with Gasteiger partial charge in [-0.15, -0.1) is 0 Å². The number of hydrogen-bond acceptors (Lipinski definition) is 5. The molecule has 0 saturated heterocycles. The van der Waals surface area contributed by atoms with E-state index in [-0.39, 0.29) is 24.4 Å². The maximum Gasteiger partial charge on any atom is 0.263 e. The molecule has 0 fully saturated rings. The van der Waals surface area contributed by atoms with Crippen molar-refractivity contribution in [3.63, 3.8) is 0 Å². The first kappa shape index (κ1) is 18.2. The summed E-state index contributed by atoms with van der Waals surface area (Å²) in [4.78, 5) is 26.4. The van der Waals surface area contributed by atoms with Crippen molar-refractivity contribution < 1.29 is 23.8 Å². The van der Waals surface area contributed by atoms with Crippen molar-refractivity contribution in [1.82, 2.24) is 5.32 Å². The van der Waals surface area contributed by atoms with Crippen molar-refractivity contribution >= 4 is 17.5 Å². The molecule has 2 atom stereocenters. The molecule has 2 aromatic rings. The van der Waals surface area contributed by atoms with E-state index >= 15 is 0 Å². The highest BCUT2D eigenvalue weighted by atomic mass is 16.6. The minimum absolute atomic E-state index is 0.131. The fourth-order valence-corrected chi connectivity index (χ4v) is 3.39. The summed E-state index contributed by atoms with van der Waals surface area (Å²) in [7, 11) is 0. The van der Waals surface area contributed by atoms with Crippen LogP contribution in [0.4, 0.5) is 5.69 Å². The summed E-state index contributed by atoms with van der Waals surface area (Å²) in [5.41, 5.74) is 1.58. The standard InChI is InChI=1S/C21H22N2O5/c1-13(15-7-8-18-19(11-15)27-10-9-26-18)22-21(25)20-12-23(14(2)24)16-5-3-4-6-17(16)28-20/h3-8,11,13,20H,9-10,12H2,1-2H3,(H,22,25)/t13-,20+/m0/s1. The predicted molar refractivity (Wildman–Crippen MR) is 103 cm³/mol. The lowest BCUT2D eigenvalue weighted by molar-refractivity contribution is -0.129. The lowest BCUT2D eigenvalue weighted by atomic mass is 10.1. The number of hydrogen-bond donors (Lipinski definition) is 1. The smallest absolute Gasteiger partial charge is 0.263 e. The van der Waals surface area contributed by atoms with Gasteiger partial charge in [-0.3, -0.25) is 9.59 Å². The Bertz CT molecular complexity index is 913. The van der Waals surface area contributed by atoms with Crippen LogP contribution in [0.5, 0.6) is 17.2 Å². The number of carbonyl (C=O) groups excluding carboxylic acids is 2. The molecule has 0 unspecified atom stereocenters. The Morgan fingerprint density at radius 1 is 1.07 bits per heavy atom. The molecule has 2 aromatic carbocycles. The zero-order valence-electron chi connectivity index (χ0n) is 15.8. The van der Waals surface area contributed by atoms with Gasteiger partial charge in [-0.1, -0.05) is 18.2 Å². The fourth-order valence-electron chi connectivity index (χ4n) is 3.39. The highest BCUT2D eigenvalue weighted by molar-refractivity contribution is 5.95. The molecule has 0 bridgehead atoms. The van der Waals surface area contributed by atoms with Crippen LogP contribution in [0.15, 0.2) is 42.5 Å². The van der Waals surface area contributed by atoms with Gasteiger partial charge in [0, 0.05) is 6.92 Å². The number of nitrogens with zero attached hydrogens (tertiary/aromatic N) is 1. The van der Waals surface area contributed by atoms with E-state index in [2.05, 4.69) is 5.32 Å². The van der Waals surface area contributed by atoms with Gasteiger partial charge in [0.15, 0.2) is 17.6 Å². The number of fused-ring (bicyclic) bond motifs is 2. The number of carbonyl (C=O) groups is 2. The van der Waals surface area contributed by atoms with Gasteiger partial charge in [0.25, 0.3) is 5.91 Å². The summed E-state index contributed by atoms with van der Waals surface area (Å²) in [6.07, 6.45) is -0.779. The number of para-hydroxylation sites is 2. The van der Waals surface area contributed by atoms with Crippen LogP contribution in [0.25, 0.3) is 0 Å². The monoisotopic (exact) mass is 382 g/mol. The van der Waals surface area contributed by atoms with Crippen LogP contribution in [-0.4, -0.2) is 37.7 Å². The summed E-state index contributed by atoms with van der Waals surface area (Å²) < 4.78 is 17.0. The van der Waals surface area contributed by atoms with Gasteiger partial charge in [0.1, 0.15) is 19.0 Å². The van der Waals surface area contributed by atoms with Crippen LogP contribution in [0.2, 0.25) is 0 Å². The van der Waals surface area contributed by atoms with E-state index in [0.29, 0.717) is 36.1 Å². The first-order valence-corrected chi connectivity index (χ1v) is 9.26. The van der Waals surface area contributed by atoms with Crippen molar-refractivity contribution in [3.05, 3.63) is 48.0 Å². The first-order valence-electron chi connectivity index (χ1n) is 9.26. The zero-order chi connectivity index (χ0) is 19.7. The normalized spacial score (nSPS) is 18.5. The molecule has 2 aliphatic heterocycles. The van der Waals surface area contributed by atoms with E-state index in [4.69, 9.17) is 14.2 Å². The maximum absolute atomic E-state index is 12.8. The Morgan fingerprint density at radius 3 is 2.61 bits per heavy atom. The first-order chi connectivity index (χ1) is 13.5. The second-order valence-electron chi connectivity index (χ2n) is 6.84. The van der Waals surface area contributed by atoms with Crippen LogP contribution >= 0.6 is 0 Å². The van der Waals surface area contributed by atoms with E-state index in [1.54, 1.807) is 11.0 Å². The molecule has 7 nitrogen and oxygen atoms in total. The van der Waals surface area contributed by atoms with Gasteiger partial charge < -0.3 is 24.4 Å². The van der Waals surface area contributed by atoms with Crippen LogP contribution in [0.3, 0.4) is 0 Å². The lowest BCUT2D eigenvalue weighted by Gasteiger charge is -2.34. The average Bonchev–Trinajstić information content (AvgIpc) is 2.72. The fraction of sp³-hybridized carbons (Fsp3) is 0.333. The summed E-state index contributed by atoms with van der Waals surface area (Å²) in [5.74, 6) is 1.50. The highest BCUT2D eigenvalue weighted by Crippen LogP contribution is 2.34. The van der Waals surface area contributed by atoms with Crippen LogP contribution in [-0.2, 0) is 9.59 Å².